The van der Waals surface area contributed by atoms with Gasteiger partial charge in [-0.25, -0.2) is 0 Å². The van der Waals surface area contributed by atoms with Crippen molar-refractivity contribution in [2.75, 3.05) is 26.8 Å². The first-order valence-electron chi connectivity index (χ1n) is 7.83. The average Bonchev–Trinajstić information content (AvgIpc) is 2.61. The van der Waals surface area contributed by atoms with E-state index in [4.69, 9.17) is 9.47 Å². The maximum atomic E-state index is 12.8. The fourth-order valence-corrected chi connectivity index (χ4v) is 2.87. The molecule has 0 spiro atoms. The van der Waals surface area contributed by atoms with Crippen molar-refractivity contribution >= 4 is 5.91 Å². The number of carbonyl (C=O) groups excluding carboxylic acids is 1. The van der Waals surface area contributed by atoms with Crippen LogP contribution in [0.15, 0.2) is 48.5 Å². The molecule has 0 N–H and O–H groups in total. The molecule has 1 atom stereocenters. The fourth-order valence-electron chi connectivity index (χ4n) is 2.87. The summed E-state index contributed by atoms with van der Waals surface area (Å²) in [6.45, 7) is 3.85. The minimum atomic E-state index is 0.0417. The maximum Gasteiger partial charge on any atom is 0.254 e. The highest BCUT2D eigenvalue weighted by Gasteiger charge is 2.23. The molecule has 0 aliphatic carbocycles. The number of morpholine rings is 1. The van der Waals surface area contributed by atoms with Gasteiger partial charge >= 0.3 is 0 Å². The fraction of sp³-hybridized carbons (Fsp3) is 0.316. The summed E-state index contributed by atoms with van der Waals surface area (Å²) in [6, 6.07) is 15.6. The van der Waals surface area contributed by atoms with E-state index in [-0.39, 0.29) is 12.0 Å². The Morgan fingerprint density at radius 1 is 1.22 bits per heavy atom. The predicted octanol–water partition coefficient (Wildman–Crippen LogP) is 3.22. The van der Waals surface area contributed by atoms with Crippen LogP contribution >= 0.6 is 0 Å². The van der Waals surface area contributed by atoms with E-state index in [9.17, 15) is 4.79 Å². The molecule has 0 radical (unpaired) electrons. The number of carbonyl (C=O) groups is 1. The lowest BCUT2D eigenvalue weighted by molar-refractivity contribution is -0.0124. The average molecular weight is 311 g/mol. The van der Waals surface area contributed by atoms with Gasteiger partial charge in [-0.05, 0) is 30.7 Å². The molecule has 1 saturated heterocycles. The highest BCUT2D eigenvalue weighted by atomic mass is 16.5. The molecule has 0 bridgehead atoms. The molecule has 23 heavy (non-hydrogen) atoms. The molecule has 0 aromatic heterocycles. The van der Waals surface area contributed by atoms with E-state index < -0.39 is 0 Å². The van der Waals surface area contributed by atoms with Gasteiger partial charge < -0.3 is 14.4 Å². The smallest absolute Gasteiger partial charge is 0.254 e. The Morgan fingerprint density at radius 2 is 2.00 bits per heavy atom. The first kappa shape index (κ1) is 15.6. The van der Waals surface area contributed by atoms with Crippen molar-refractivity contribution < 1.29 is 14.3 Å². The molecular weight excluding hydrogens is 290 g/mol. The van der Waals surface area contributed by atoms with E-state index >= 15 is 0 Å². The molecular formula is C19H21NO3. The lowest BCUT2D eigenvalue weighted by Gasteiger charge is -2.31. The summed E-state index contributed by atoms with van der Waals surface area (Å²) in [5.41, 5.74) is 2.65. The van der Waals surface area contributed by atoms with Gasteiger partial charge in [0, 0.05) is 24.2 Å². The monoisotopic (exact) mass is 311 g/mol. The second-order valence-corrected chi connectivity index (χ2v) is 5.71. The number of methoxy groups -OCH3 is 1. The molecule has 1 heterocycles. The Hall–Kier alpha value is -2.33. The van der Waals surface area contributed by atoms with Crippen molar-refractivity contribution in [3.8, 4) is 16.9 Å². The van der Waals surface area contributed by atoms with Gasteiger partial charge in [0.05, 0.1) is 19.8 Å². The number of benzene rings is 2. The quantitative estimate of drug-likeness (QED) is 0.873. The van der Waals surface area contributed by atoms with Gasteiger partial charge in [0.1, 0.15) is 5.75 Å². The summed E-state index contributed by atoms with van der Waals surface area (Å²) in [5.74, 6) is 0.808. The van der Waals surface area contributed by atoms with Crippen LogP contribution in [-0.4, -0.2) is 43.7 Å². The third-order valence-corrected chi connectivity index (χ3v) is 4.06. The third-order valence-electron chi connectivity index (χ3n) is 4.06. The van der Waals surface area contributed by atoms with Gasteiger partial charge in [0.2, 0.25) is 0 Å². The van der Waals surface area contributed by atoms with Crippen LogP contribution < -0.4 is 4.74 Å². The van der Waals surface area contributed by atoms with Crippen molar-refractivity contribution in [1.29, 1.82) is 0 Å². The summed E-state index contributed by atoms with van der Waals surface area (Å²) in [4.78, 5) is 14.6. The normalized spacial score (nSPS) is 17.8. The summed E-state index contributed by atoms with van der Waals surface area (Å²) < 4.78 is 11.0. The first-order chi connectivity index (χ1) is 11.2. The maximum absolute atomic E-state index is 12.8. The van der Waals surface area contributed by atoms with E-state index in [1.807, 2.05) is 60.4 Å². The number of hydrogen-bond donors (Lipinski definition) is 0. The van der Waals surface area contributed by atoms with E-state index in [0.717, 1.165) is 16.9 Å². The zero-order chi connectivity index (χ0) is 16.2. The minimum Gasteiger partial charge on any atom is -0.496 e. The van der Waals surface area contributed by atoms with E-state index in [1.54, 1.807) is 7.11 Å². The molecule has 4 heteroatoms. The molecule has 1 unspecified atom stereocenters. The standard InChI is InChI=1S/C19H21NO3/c1-14-13-20(10-11-23-14)19(21)16-8-9-18(22-2)17(12-16)15-6-4-3-5-7-15/h3-9,12,14H,10-11,13H2,1-2H3. The molecule has 1 aliphatic heterocycles. The minimum absolute atomic E-state index is 0.0417. The van der Waals surface area contributed by atoms with Gasteiger partial charge in [0.25, 0.3) is 5.91 Å². The van der Waals surface area contributed by atoms with Gasteiger partial charge in [-0.1, -0.05) is 30.3 Å². The zero-order valence-corrected chi connectivity index (χ0v) is 13.5. The number of hydrogen-bond acceptors (Lipinski definition) is 3. The highest BCUT2D eigenvalue weighted by Crippen LogP contribution is 2.31. The largest absolute Gasteiger partial charge is 0.496 e. The van der Waals surface area contributed by atoms with Crippen LogP contribution in [0.2, 0.25) is 0 Å². The summed E-state index contributed by atoms with van der Waals surface area (Å²) >= 11 is 0. The van der Waals surface area contributed by atoms with Gasteiger partial charge in [-0.2, -0.15) is 0 Å². The van der Waals surface area contributed by atoms with E-state index in [1.165, 1.54) is 0 Å². The van der Waals surface area contributed by atoms with Gasteiger partial charge in [-0.3, -0.25) is 4.79 Å². The van der Waals surface area contributed by atoms with Crippen molar-refractivity contribution in [1.82, 2.24) is 4.90 Å². The van der Waals surface area contributed by atoms with Crippen LogP contribution in [0.25, 0.3) is 11.1 Å². The topological polar surface area (TPSA) is 38.8 Å². The molecule has 3 rings (SSSR count). The van der Waals surface area contributed by atoms with Crippen molar-refractivity contribution in [2.24, 2.45) is 0 Å². The Kier molecular flexibility index (Phi) is 4.63. The van der Waals surface area contributed by atoms with Crippen molar-refractivity contribution in [3.05, 3.63) is 54.1 Å². The first-order valence-corrected chi connectivity index (χ1v) is 7.83. The van der Waals surface area contributed by atoms with E-state index in [0.29, 0.717) is 25.3 Å². The van der Waals surface area contributed by atoms with E-state index in [2.05, 4.69) is 0 Å². The predicted molar refractivity (Wildman–Crippen MR) is 89.7 cm³/mol. The Balaban J connectivity index is 1.93. The summed E-state index contributed by atoms with van der Waals surface area (Å²) in [6.07, 6.45) is 0.0829. The molecule has 1 amide bonds. The van der Waals surface area contributed by atoms with Crippen LogP contribution in [0.3, 0.4) is 0 Å². The number of nitrogens with zero attached hydrogens (tertiary/aromatic N) is 1. The SMILES string of the molecule is COc1ccc(C(=O)N2CCOC(C)C2)cc1-c1ccccc1. The van der Waals surface area contributed by atoms with Crippen LogP contribution in [-0.2, 0) is 4.74 Å². The van der Waals surface area contributed by atoms with Gasteiger partial charge in [0.15, 0.2) is 0 Å². The van der Waals surface area contributed by atoms with Gasteiger partial charge in [-0.15, -0.1) is 0 Å². The molecule has 1 fully saturated rings. The van der Waals surface area contributed by atoms with Crippen LogP contribution in [0.1, 0.15) is 17.3 Å². The third kappa shape index (κ3) is 3.37. The Bertz CT molecular complexity index is 684. The molecule has 2 aromatic rings. The molecule has 4 nitrogen and oxygen atoms in total. The van der Waals surface area contributed by atoms with Crippen LogP contribution in [0.4, 0.5) is 0 Å². The van der Waals surface area contributed by atoms with Crippen LogP contribution in [0.5, 0.6) is 5.75 Å². The lowest BCUT2D eigenvalue weighted by Crippen LogP contribution is -2.44. The zero-order valence-electron chi connectivity index (χ0n) is 13.5. The molecule has 0 saturated carbocycles. The lowest BCUT2D eigenvalue weighted by atomic mass is 10.0. The highest BCUT2D eigenvalue weighted by molar-refractivity contribution is 5.96. The number of ether oxygens (including phenoxy) is 2. The second-order valence-electron chi connectivity index (χ2n) is 5.71. The Labute approximate surface area is 136 Å². The summed E-state index contributed by atoms with van der Waals surface area (Å²) in [7, 11) is 1.65. The van der Waals surface area contributed by atoms with Crippen molar-refractivity contribution in [3.63, 3.8) is 0 Å². The van der Waals surface area contributed by atoms with Crippen LogP contribution in [0, 0.1) is 0 Å². The summed E-state index contributed by atoms with van der Waals surface area (Å²) in [5, 5.41) is 0. The number of amides is 1. The van der Waals surface area contributed by atoms with Crippen molar-refractivity contribution in [2.45, 2.75) is 13.0 Å². The number of rotatable bonds is 3. The Morgan fingerprint density at radius 3 is 2.70 bits per heavy atom. The molecule has 2 aromatic carbocycles. The molecule has 120 valence electrons. The molecule has 1 aliphatic rings. The second kappa shape index (κ2) is 6.84.